The largest absolute Gasteiger partial charge is 0.293 e. The van der Waals surface area contributed by atoms with Gasteiger partial charge in [0.05, 0.1) is 12.3 Å². The third-order valence-corrected chi connectivity index (χ3v) is 5.91. The second-order valence-electron chi connectivity index (χ2n) is 5.77. The highest BCUT2D eigenvalue weighted by molar-refractivity contribution is 7.16. The fourth-order valence-corrected chi connectivity index (χ4v) is 4.45. The number of fused-ring (bicyclic) bond motifs is 3. The van der Waals surface area contributed by atoms with E-state index in [1.54, 1.807) is 11.3 Å². The average Bonchev–Trinajstić information content (AvgIpc) is 3.07. The molecule has 0 fully saturated rings. The smallest absolute Gasteiger partial charge is 0.156 e. The molecule has 3 heterocycles. The maximum Gasteiger partial charge on any atom is 0.156 e. The van der Waals surface area contributed by atoms with Crippen molar-refractivity contribution in [1.82, 2.24) is 5.17 Å². The Morgan fingerprint density at radius 2 is 2.12 bits per heavy atom. The van der Waals surface area contributed by atoms with Crippen LogP contribution in [0.3, 0.4) is 0 Å². The van der Waals surface area contributed by atoms with Gasteiger partial charge in [0.25, 0.3) is 0 Å². The zero-order chi connectivity index (χ0) is 16.8. The second-order valence-corrected chi connectivity index (χ2v) is 7.29. The van der Waals surface area contributed by atoms with Crippen molar-refractivity contribution in [2.24, 2.45) is 10.1 Å². The van der Waals surface area contributed by atoms with Gasteiger partial charge in [-0.3, -0.25) is 15.1 Å². The minimum Gasteiger partial charge on any atom is -0.293 e. The summed E-state index contributed by atoms with van der Waals surface area (Å²) in [5, 5.41) is 17.0. The van der Waals surface area contributed by atoms with Crippen molar-refractivity contribution < 1.29 is 5.21 Å². The minimum absolute atomic E-state index is 0.247. The molecule has 0 aliphatic carbocycles. The summed E-state index contributed by atoms with van der Waals surface area (Å²) < 4.78 is 0. The van der Waals surface area contributed by atoms with Crippen LogP contribution in [0.4, 0.5) is 5.00 Å². The third-order valence-electron chi connectivity index (χ3n) is 4.30. The maximum absolute atomic E-state index is 9.98. The number of hydrazone groups is 1. The molecular weight excluding hydrogens is 344 g/mol. The number of hydrogen-bond acceptors (Lipinski definition) is 6. The van der Waals surface area contributed by atoms with E-state index in [0.29, 0.717) is 11.6 Å². The van der Waals surface area contributed by atoms with Crippen molar-refractivity contribution in [2.45, 2.75) is 26.4 Å². The molecule has 2 aliphatic heterocycles. The predicted octanol–water partition coefficient (Wildman–Crippen LogP) is 3.99. The van der Waals surface area contributed by atoms with Gasteiger partial charge in [-0.05, 0) is 25.5 Å². The van der Waals surface area contributed by atoms with Crippen LogP contribution >= 0.6 is 22.9 Å². The van der Waals surface area contributed by atoms with Gasteiger partial charge in [-0.2, -0.15) is 5.17 Å². The number of halogens is 1. The summed E-state index contributed by atoms with van der Waals surface area (Å²) in [7, 11) is 0. The van der Waals surface area contributed by atoms with Crippen molar-refractivity contribution in [3.05, 3.63) is 51.4 Å². The standard InChI is InChI=1S/C17H17ClN4OS/c1-3-11-8-13-16(12-6-4-5-7-14(12)18)19-9-15-20-22(23)10(2)21(15)17(13)24-11/h4-8,10,23H,3,9H2,1-2H3. The molecule has 1 unspecified atom stereocenters. The number of hydrogen-bond donors (Lipinski definition) is 1. The average molecular weight is 361 g/mol. The molecule has 2 aliphatic rings. The normalized spacial score (nSPS) is 19.6. The SMILES string of the molecule is CCc1cc2c(s1)N1C(=NN(O)C1C)CN=C2c1ccccc1Cl. The fraction of sp³-hybridized carbons (Fsp3) is 0.294. The van der Waals surface area contributed by atoms with Gasteiger partial charge in [0.15, 0.2) is 5.84 Å². The number of aryl methyl sites for hydroxylation is 1. The Bertz CT molecular complexity index is 860. The van der Waals surface area contributed by atoms with E-state index in [1.807, 2.05) is 31.2 Å². The van der Waals surface area contributed by atoms with Crippen LogP contribution in [0.15, 0.2) is 40.4 Å². The molecule has 0 saturated carbocycles. The fourth-order valence-electron chi connectivity index (χ4n) is 3.04. The molecule has 0 spiro atoms. The highest BCUT2D eigenvalue weighted by atomic mass is 35.5. The number of hydroxylamine groups is 1. The number of rotatable bonds is 2. The Kier molecular flexibility index (Phi) is 3.83. The van der Waals surface area contributed by atoms with Crippen molar-refractivity contribution >= 4 is 39.5 Å². The van der Waals surface area contributed by atoms with Crippen LogP contribution in [-0.2, 0) is 6.42 Å². The Hall–Kier alpha value is -1.89. The highest BCUT2D eigenvalue weighted by Crippen LogP contribution is 2.39. The summed E-state index contributed by atoms with van der Waals surface area (Å²) >= 11 is 8.14. The summed E-state index contributed by atoms with van der Waals surface area (Å²) in [5.41, 5.74) is 2.87. The monoisotopic (exact) mass is 360 g/mol. The molecule has 1 aromatic heterocycles. The first-order chi connectivity index (χ1) is 11.6. The topological polar surface area (TPSA) is 51.4 Å². The van der Waals surface area contributed by atoms with Crippen molar-refractivity contribution in [2.75, 3.05) is 11.4 Å². The maximum atomic E-state index is 9.98. The van der Waals surface area contributed by atoms with Gasteiger partial charge in [0.2, 0.25) is 0 Å². The molecule has 0 bridgehead atoms. The first-order valence-corrected chi connectivity index (χ1v) is 9.07. The molecule has 1 aromatic carbocycles. The van der Waals surface area contributed by atoms with Crippen LogP contribution < -0.4 is 4.90 Å². The Morgan fingerprint density at radius 1 is 1.33 bits per heavy atom. The molecule has 5 nitrogen and oxygen atoms in total. The van der Waals surface area contributed by atoms with Crippen LogP contribution in [0.25, 0.3) is 0 Å². The van der Waals surface area contributed by atoms with E-state index >= 15 is 0 Å². The molecule has 24 heavy (non-hydrogen) atoms. The van der Waals surface area contributed by atoms with Crippen LogP contribution in [0.1, 0.15) is 29.9 Å². The molecule has 2 aromatic rings. The quantitative estimate of drug-likeness (QED) is 0.881. The molecule has 0 amide bonds. The first-order valence-electron chi connectivity index (χ1n) is 7.87. The van der Waals surface area contributed by atoms with Crippen LogP contribution in [-0.4, -0.2) is 34.6 Å². The molecule has 4 rings (SSSR count). The zero-order valence-corrected chi connectivity index (χ0v) is 15.0. The number of amidine groups is 1. The second kappa shape index (κ2) is 5.88. The Balaban J connectivity index is 1.93. The Labute approximate surface area is 149 Å². The summed E-state index contributed by atoms with van der Waals surface area (Å²) in [6.07, 6.45) is 0.702. The van der Waals surface area contributed by atoms with Gasteiger partial charge in [0, 0.05) is 21.0 Å². The molecule has 0 radical (unpaired) electrons. The summed E-state index contributed by atoms with van der Waals surface area (Å²) in [6, 6.07) is 9.95. The van der Waals surface area contributed by atoms with E-state index in [2.05, 4.69) is 23.0 Å². The van der Waals surface area contributed by atoms with Gasteiger partial charge >= 0.3 is 0 Å². The minimum atomic E-state index is -0.247. The molecule has 0 saturated heterocycles. The van der Waals surface area contributed by atoms with E-state index in [-0.39, 0.29) is 6.17 Å². The highest BCUT2D eigenvalue weighted by Gasteiger charge is 2.36. The number of nitrogens with zero attached hydrogens (tertiary/aromatic N) is 4. The molecule has 124 valence electrons. The van der Waals surface area contributed by atoms with Gasteiger partial charge in [-0.25, -0.2) is 0 Å². The summed E-state index contributed by atoms with van der Waals surface area (Å²) in [5.74, 6) is 0.748. The van der Waals surface area contributed by atoms with E-state index < -0.39 is 0 Å². The molecular formula is C17H17ClN4OS. The number of anilines is 1. The van der Waals surface area contributed by atoms with Gasteiger partial charge in [-0.1, -0.05) is 36.7 Å². The summed E-state index contributed by atoms with van der Waals surface area (Å²) in [4.78, 5) is 8.11. The van der Waals surface area contributed by atoms with Gasteiger partial charge < -0.3 is 0 Å². The lowest BCUT2D eigenvalue weighted by Crippen LogP contribution is -2.39. The lowest BCUT2D eigenvalue weighted by molar-refractivity contribution is -0.109. The van der Waals surface area contributed by atoms with Gasteiger partial charge in [0.1, 0.15) is 11.2 Å². The zero-order valence-electron chi connectivity index (χ0n) is 13.4. The van der Waals surface area contributed by atoms with Crippen LogP contribution in [0.5, 0.6) is 0 Å². The molecule has 1 atom stereocenters. The third kappa shape index (κ3) is 2.33. The van der Waals surface area contributed by atoms with E-state index in [0.717, 1.165) is 39.3 Å². The van der Waals surface area contributed by atoms with Crippen LogP contribution in [0.2, 0.25) is 5.02 Å². The van der Waals surface area contributed by atoms with E-state index in [1.165, 1.54) is 4.88 Å². The van der Waals surface area contributed by atoms with Crippen LogP contribution in [0, 0.1) is 0 Å². The molecule has 7 heteroatoms. The van der Waals surface area contributed by atoms with Crippen molar-refractivity contribution in [3.63, 3.8) is 0 Å². The Morgan fingerprint density at radius 3 is 2.88 bits per heavy atom. The predicted molar refractivity (Wildman–Crippen MR) is 98.7 cm³/mol. The first kappa shape index (κ1) is 15.6. The number of aliphatic imine (C=N–C) groups is 1. The van der Waals surface area contributed by atoms with Crippen molar-refractivity contribution in [1.29, 1.82) is 0 Å². The van der Waals surface area contributed by atoms with E-state index in [4.69, 9.17) is 16.6 Å². The lowest BCUT2D eigenvalue weighted by atomic mass is 10.0. The van der Waals surface area contributed by atoms with Gasteiger partial charge in [-0.15, -0.1) is 16.4 Å². The number of benzene rings is 1. The van der Waals surface area contributed by atoms with Crippen molar-refractivity contribution in [3.8, 4) is 0 Å². The summed E-state index contributed by atoms with van der Waals surface area (Å²) in [6.45, 7) is 4.47. The number of thiophene rings is 1. The lowest BCUT2D eigenvalue weighted by Gasteiger charge is -2.24. The molecule has 1 N–H and O–H groups in total. The van der Waals surface area contributed by atoms with E-state index in [9.17, 15) is 5.21 Å².